The van der Waals surface area contributed by atoms with Crippen molar-refractivity contribution in [3.8, 4) is 0 Å². The van der Waals surface area contributed by atoms with Gasteiger partial charge in [-0.15, -0.1) is 0 Å². The maximum Gasteiger partial charge on any atom is 0.605 e. The van der Waals surface area contributed by atoms with Gasteiger partial charge in [0, 0.05) is 0 Å². The summed E-state index contributed by atoms with van der Waals surface area (Å²) in [5.41, 5.74) is 0. The lowest BCUT2D eigenvalue weighted by Gasteiger charge is -1.82. The van der Waals surface area contributed by atoms with E-state index in [1.807, 2.05) is 0 Å². The molecular weight excluding hydrogens is 107 g/mol. The fourth-order valence-corrected chi connectivity index (χ4v) is 0. The van der Waals surface area contributed by atoms with Gasteiger partial charge in [-0.3, -0.25) is 0 Å². The van der Waals surface area contributed by atoms with Crippen LogP contribution in [-0.2, 0) is 4.12 Å². The van der Waals surface area contributed by atoms with Crippen LogP contribution in [0.4, 0.5) is 4.11 Å². The predicted octanol–water partition coefficient (Wildman–Crippen LogP) is -0.967. The van der Waals surface area contributed by atoms with Gasteiger partial charge in [0.2, 0.25) is 10.5 Å². The van der Waals surface area contributed by atoms with Crippen LogP contribution in [0.25, 0.3) is 0 Å². The number of halogens is 1. The summed E-state index contributed by atoms with van der Waals surface area (Å²) in [5, 5.41) is 0. The number of hydrogen-bond donors (Lipinski definition) is 1. The van der Waals surface area contributed by atoms with Gasteiger partial charge < -0.3 is 8.91 Å². The van der Waals surface area contributed by atoms with Gasteiger partial charge in [0.25, 0.3) is 0 Å². The lowest BCUT2D eigenvalue weighted by Crippen LogP contribution is -2.06. The van der Waals surface area contributed by atoms with Gasteiger partial charge in [0.05, 0.1) is 0 Å². The van der Waals surface area contributed by atoms with Crippen molar-refractivity contribution >= 4 is 20.1 Å². The minimum atomic E-state index is -2.96. The Labute approximate surface area is 34.1 Å². The summed E-state index contributed by atoms with van der Waals surface area (Å²) >= 11 is 0. The summed E-state index contributed by atoms with van der Waals surface area (Å²) in [4.78, 5) is 7.53. The van der Waals surface area contributed by atoms with Crippen molar-refractivity contribution in [2.45, 2.75) is 0 Å². The average Bonchev–Trinajstić information content (AvgIpc) is 1.38. The van der Waals surface area contributed by atoms with E-state index >= 15 is 0 Å². The molecule has 4 radical (unpaired) electrons. The molecule has 5 heteroatoms. The molecule has 0 amide bonds. The van der Waals surface area contributed by atoms with Gasteiger partial charge >= 0.3 is 9.62 Å². The molecule has 0 aromatic rings. The largest absolute Gasteiger partial charge is 0.605 e. The Morgan fingerprint density at radius 3 is 2.20 bits per heavy atom. The Morgan fingerprint density at radius 1 is 2.00 bits per heavy atom. The van der Waals surface area contributed by atoms with Crippen LogP contribution in [0.15, 0.2) is 0 Å². The molecule has 28 valence electrons. The van der Waals surface area contributed by atoms with Crippen LogP contribution in [0.5, 0.6) is 0 Å². The van der Waals surface area contributed by atoms with Crippen molar-refractivity contribution in [3.05, 3.63) is 0 Å². The van der Waals surface area contributed by atoms with Crippen molar-refractivity contribution in [1.29, 1.82) is 0 Å². The van der Waals surface area contributed by atoms with Crippen LogP contribution in [-0.4, -0.2) is 24.9 Å². The number of rotatable bonds is 1. The van der Waals surface area contributed by atoms with Crippen LogP contribution in [0.1, 0.15) is 0 Å². The van der Waals surface area contributed by atoms with E-state index in [0.717, 1.165) is 0 Å². The summed E-state index contributed by atoms with van der Waals surface area (Å²) in [6, 6.07) is 0. The zero-order valence-corrected chi connectivity index (χ0v) is 4.23. The molecular formula is HFO2Si2. The van der Waals surface area contributed by atoms with Gasteiger partial charge in [-0.1, -0.05) is 0 Å². The molecule has 0 spiro atoms. The summed E-state index contributed by atoms with van der Waals surface area (Å²) < 4.78 is 14.4. The van der Waals surface area contributed by atoms with E-state index in [4.69, 9.17) is 4.80 Å². The zero-order valence-electron chi connectivity index (χ0n) is 2.23. The lowest BCUT2D eigenvalue weighted by atomic mass is 15.8. The van der Waals surface area contributed by atoms with Crippen LogP contribution in [0.2, 0.25) is 0 Å². The van der Waals surface area contributed by atoms with E-state index in [9.17, 15) is 4.11 Å². The fraction of sp³-hybridized carbons (Fsp3) is 0. The van der Waals surface area contributed by atoms with Gasteiger partial charge in [-0.2, -0.15) is 0 Å². The molecule has 0 heterocycles. The molecule has 0 saturated carbocycles. The van der Waals surface area contributed by atoms with E-state index in [-0.39, 0.29) is 0 Å². The van der Waals surface area contributed by atoms with Crippen molar-refractivity contribution in [3.63, 3.8) is 0 Å². The monoisotopic (exact) mass is 108 g/mol. The molecule has 5 heavy (non-hydrogen) atoms. The van der Waals surface area contributed by atoms with Crippen molar-refractivity contribution < 1.29 is 13.0 Å². The topological polar surface area (TPSA) is 29.5 Å². The van der Waals surface area contributed by atoms with Crippen LogP contribution in [0, 0.1) is 0 Å². The molecule has 0 aromatic heterocycles. The normalized spacial score (nSPS) is 9.60. The van der Waals surface area contributed by atoms with Gasteiger partial charge in [-0.05, 0) is 0 Å². The molecule has 0 bridgehead atoms. The second-order valence-electron chi connectivity index (χ2n) is 0.355. The second-order valence-corrected chi connectivity index (χ2v) is 1.68. The van der Waals surface area contributed by atoms with Gasteiger partial charge in [-0.25, -0.2) is 4.11 Å². The van der Waals surface area contributed by atoms with E-state index in [1.54, 1.807) is 0 Å². The smallest absolute Gasteiger partial charge is 0.410 e. The maximum atomic E-state index is 10.8. The fourth-order valence-electron chi connectivity index (χ4n) is 0. The Bertz CT molecular complexity index is 21.6. The molecule has 0 rings (SSSR count). The highest BCUT2D eigenvalue weighted by Gasteiger charge is 2.01. The summed E-state index contributed by atoms with van der Waals surface area (Å²) in [6.07, 6.45) is 0. The van der Waals surface area contributed by atoms with Crippen LogP contribution >= 0.6 is 0 Å². The Balaban J connectivity index is 2.54. The number of hydrogen-bond acceptors (Lipinski definition) is 2. The third-order valence-electron chi connectivity index (χ3n) is 0.0842. The van der Waals surface area contributed by atoms with Gasteiger partial charge in [0.15, 0.2) is 0 Å². The maximum absolute atomic E-state index is 10.8. The predicted molar refractivity (Wildman–Crippen MR) is 15.9 cm³/mol. The van der Waals surface area contributed by atoms with Crippen LogP contribution < -0.4 is 0 Å². The first-order valence-corrected chi connectivity index (χ1v) is 2.46. The standard InChI is InChI=1S/FHO2Si2/c1-5(2)3-4/h2H. The summed E-state index contributed by atoms with van der Waals surface area (Å²) in [5.74, 6) is 0. The third-order valence-corrected chi connectivity index (χ3v) is 0.758. The van der Waals surface area contributed by atoms with Crippen LogP contribution in [0.3, 0.4) is 0 Å². The molecule has 0 aliphatic carbocycles. The minimum Gasteiger partial charge on any atom is -0.410 e. The van der Waals surface area contributed by atoms with E-state index in [2.05, 4.69) is 14.6 Å². The zero-order chi connectivity index (χ0) is 4.28. The first kappa shape index (κ1) is 5.28. The van der Waals surface area contributed by atoms with Crippen molar-refractivity contribution in [1.82, 2.24) is 0 Å². The Kier molecular flexibility index (Phi) is 2.66. The van der Waals surface area contributed by atoms with E-state index < -0.39 is 9.62 Å². The Morgan fingerprint density at radius 2 is 2.20 bits per heavy atom. The first-order chi connectivity index (χ1) is 2.27. The van der Waals surface area contributed by atoms with Crippen molar-refractivity contribution in [2.75, 3.05) is 0 Å². The summed E-state index contributed by atoms with van der Waals surface area (Å²) in [6.45, 7) is 0. The molecule has 0 aliphatic heterocycles. The second kappa shape index (κ2) is 2.52. The Hall–Kier alpha value is 0.284. The first-order valence-electron chi connectivity index (χ1n) is 0.821. The summed E-state index contributed by atoms with van der Waals surface area (Å²) in [7, 11) is -0.685. The quantitative estimate of drug-likeness (QED) is 0.346. The van der Waals surface area contributed by atoms with E-state index in [1.165, 1.54) is 0 Å². The average molecular weight is 108 g/mol. The molecule has 0 aromatic carbocycles. The van der Waals surface area contributed by atoms with Crippen molar-refractivity contribution in [2.24, 2.45) is 0 Å². The molecule has 0 atom stereocenters. The highest BCUT2D eigenvalue weighted by atomic mass is 28.4. The third kappa shape index (κ3) is 4.28. The molecule has 2 nitrogen and oxygen atoms in total. The lowest BCUT2D eigenvalue weighted by molar-refractivity contribution is 0.366. The molecule has 1 N–H and O–H groups in total. The molecule has 0 fully saturated rings. The molecule has 0 aliphatic rings. The highest BCUT2D eigenvalue weighted by molar-refractivity contribution is 6.39. The highest BCUT2D eigenvalue weighted by Crippen LogP contribution is 1.69. The SMILES string of the molecule is O[Si](F)O[Si]. The molecule has 0 unspecified atom stereocenters. The minimum absolute atomic E-state index is 2.28. The van der Waals surface area contributed by atoms with E-state index in [0.29, 0.717) is 0 Å². The van der Waals surface area contributed by atoms with Gasteiger partial charge in [0.1, 0.15) is 0 Å². The molecule has 0 saturated heterocycles.